The second kappa shape index (κ2) is 6.55. The van der Waals surface area contributed by atoms with Crippen molar-refractivity contribution in [3.05, 3.63) is 32.1 Å². The minimum atomic E-state index is -0.120. The van der Waals surface area contributed by atoms with E-state index in [-0.39, 0.29) is 11.9 Å². The highest BCUT2D eigenvalue weighted by Crippen LogP contribution is 2.41. The first-order valence-electron chi connectivity index (χ1n) is 6.52. The fourth-order valence-electron chi connectivity index (χ4n) is 2.35. The van der Waals surface area contributed by atoms with Crippen LogP contribution in [-0.2, 0) is 0 Å². The Morgan fingerprint density at radius 2 is 1.90 bits per heavy atom. The second-order valence-electron chi connectivity index (χ2n) is 4.87. The van der Waals surface area contributed by atoms with Gasteiger partial charge in [-0.3, -0.25) is 4.79 Å². The average Bonchev–Trinajstić information content (AvgIpc) is 2.77. The van der Waals surface area contributed by atoms with Gasteiger partial charge >= 0.3 is 0 Å². The molecule has 0 radical (unpaired) electrons. The van der Waals surface area contributed by atoms with Crippen molar-refractivity contribution in [1.29, 1.82) is 0 Å². The van der Waals surface area contributed by atoms with E-state index in [2.05, 4.69) is 5.32 Å². The molecule has 0 atom stereocenters. The molecule has 1 N–H and O–H groups in total. The summed E-state index contributed by atoms with van der Waals surface area (Å²) in [6, 6.07) is 3.66. The van der Waals surface area contributed by atoms with Crippen LogP contribution in [0.2, 0.25) is 15.1 Å². The van der Waals surface area contributed by atoms with Crippen molar-refractivity contribution in [2.24, 2.45) is 0 Å². The number of hydrogen-bond acceptors (Lipinski definition) is 3. The van der Waals surface area contributed by atoms with Crippen LogP contribution in [0.25, 0.3) is 10.1 Å². The van der Waals surface area contributed by atoms with Crippen molar-refractivity contribution in [2.45, 2.75) is 18.9 Å². The van der Waals surface area contributed by atoms with Crippen LogP contribution < -0.4 is 5.32 Å². The van der Waals surface area contributed by atoms with E-state index >= 15 is 0 Å². The number of fused-ring (bicyclic) bond motifs is 1. The van der Waals surface area contributed by atoms with E-state index in [1.54, 1.807) is 12.1 Å². The molecule has 0 saturated carbocycles. The van der Waals surface area contributed by atoms with Gasteiger partial charge in [0.2, 0.25) is 0 Å². The van der Waals surface area contributed by atoms with E-state index in [1.165, 1.54) is 11.3 Å². The summed E-state index contributed by atoms with van der Waals surface area (Å²) in [5.41, 5.74) is 0. The lowest BCUT2D eigenvalue weighted by Crippen LogP contribution is -2.37. The first-order valence-corrected chi connectivity index (χ1v) is 9.62. The molecule has 112 valence electrons. The topological polar surface area (TPSA) is 29.1 Å². The molecule has 2 aromatic rings. The Labute approximate surface area is 146 Å². The molecule has 2 heterocycles. The Kier molecular flexibility index (Phi) is 4.91. The van der Waals surface area contributed by atoms with Gasteiger partial charge in [0.05, 0.1) is 10.0 Å². The molecule has 1 aliphatic heterocycles. The Bertz CT molecular complexity index is 695. The van der Waals surface area contributed by atoms with Gasteiger partial charge in [-0.2, -0.15) is 11.8 Å². The lowest BCUT2D eigenvalue weighted by molar-refractivity contribution is 0.0939. The maximum atomic E-state index is 12.4. The molecular weight excluding hydrogens is 369 g/mol. The van der Waals surface area contributed by atoms with Crippen molar-refractivity contribution >= 4 is 73.9 Å². The number of carbonyl (C=O) groups is 1. The van der Waals surface area contributed by atoms with Crippen molar-refractivity contribution in [2.75, 3.05) is 11.5 Å². The molecule has 0 aliphatic carbocycles. The normalized spacial score (nSPS) is 16.3. The first-order chi connectivity index (χ1) is 10.1. The maximum Gasteiger partial charge on any atom is 0.263 e. The molecule has 1 fully saturated rings. The number of hydrogen-bond donors (Lipinski definition) is 1. The third-order valence-electron chi connectivity index (χ3n) is 3.41. The maximum absolute atomic E-state index is 12.4. The van der Waals surface area contributed by atoms with Gasteiger partial charge in [0.15, 0.2) is 0 Å². The van der Waals surface area contributed by atoms with Crippen LogP contribution in [0.5, 0.6) is 0 Å². The van der Waals surface area contributed by atoms with Crippen LogP contribution in [0.4, 0.5) is 0 Å². The highest BCUT2D eigenvalue weighted by Gasteiger charge is 2.22. The summed E-state index contributed by atoms with van der Waals surface area (Å²) in [4.78, 5) is 12.9. The zero-order valence-electron chi connectivity index (χ0n) is 10.9. The number of halogens is 3. The van der Waals surface area contributed by atoms with Gasteiger partial charge in [-0.25, -0.2) is 0 Å². The molecular formula is C14H12Cl3NOS2. The number of thiophene rings is 1. The highest BCUT2D eigenvalue weighted by atomic mass is 35.5. The molecule has 21 heavy (non-hydrogen) atoms. The molecule has 1 aromatic carbocycles. The van der Waals surface area contributed by atoms with E-state index in [0.717, 1.165) is 29.0 Å². The highest BCUT2D eigenvalue weighted by molar-refractivity contribution is 7.99. The first kappa shape index (κ1) is 15.8. The Balaban J connectivity index is 1.91. The number of rotatable bonds is 2. The van der Waals surface area contributed by atoms with Gasteiger partial charge in [0.1, 0.15) is 4.88 Å². The molecule has 1 amide bonds. The van der Waals surface area contributed by atoms with Gasteiger partial charge in [0.25, 0.3) is 5.91 Å². The van der Waals surface area contributed by atoms with Crippen LogP contribution in [0, 0.1) is 0 Å². The van der Waals surface area contributed by atoms with E-state index in [0.29, 0.717) is 25.3 Å². The van der Waals surface area contributed by atoms with E-state index in [4.69, 9.17) is 34.8 Å². The lowest BCUT2D eigenvalue weighted by atomic mass is 10.1. The second-order valence-corrected chi connectivity index (χ2v) is 8.36. The summed E-state index contributed by atoms with van der Waals surface area (Å²) in [6.45, 7) is 0. The molecule has 0 spiro atoms. The predicted octanol–water partition coefficient (Wildman–Crippen LogP) is 5.49. The summed E-state index contributed by atoms with van der Waals surface area (Å²) >= 11 is 21.8. The summed E-state index contributed by atoms with van der Waals surface area (Å²) in [6.07, 6.45) is 2.01. The predicted molar refractivity (Wildman–Crippen MR) is 94.7 cm³/mol. The molecule has 0 bridgehead atoms. The summed E-state index contributed by atoms with van der Waals surface area (Å²) in [5, 5.41) is 5.21. The van der Waals surface area contributed by atoms with Crippen LogP contribution >= 0.6 is 57.9 Å². The summed E-state index contributed by atoms with van der Waals surface area (Å²) in [7, 11) is 0. The van der Waals surface area contributed by atoms with E-state index in [1.807, 2.05) is 11.8 Å². The van der Waals surface area contributed by atoms with Crippen molar-refractivity contribution in [3.63, 3.8) is 0 Å². The van der Waals surface area contributed by atoms with Gasteiger partial charge in [-0.05, 0) is 36.5 Å². The van der Waals surface area contributed by atoms with Crippen LogP contribution in [0.1, 0.15) is 22.5 Å². The van der Waals surface area contributed by atoms with Crippen LogP contribution in [0.15, 0.2) is 12.1 Å². The fraction of sp³-hybridized carbons (Fsp3) is 0.357. The third kappa shape index (κ3) is 3.30. The number of carbonyl (C=O) groups excluding carboxylic acids is 1. The largest absolute Gasteiger partial charge is 0.349 e. The average molecular weight is 381 g/mol. The summed E-state index contributed by atoms with van der Waals surface area (Å²) in [5.74, 6) is 2.06. The third-order valence-corrected chi connectivity index (χ3v) is 6.60. The van der Waals surface area contributed by atoms with Crippen LogP contribution in [0.3, 0.4) is 0 Å². The van der Waals surface area contributed by atoms with Gasteiger partial charge in [-0.1, -0.05) is 34.8 Å². The minimum Gasteiger partial charge on any atom is -0.349 e. The Morgan fingerprint density at radius 3 is 2.62 bits per heavy atom. The van der Waals surface area contributed by atoms with Crippen LogP contribution in [-0.4, -0.2) is 23.5 Å². The Hall–Kier alpha value is -0.130. The number of amides is 1. The standard InChI is InChI=1S/C14H12Cl3NOS2/c15-7-5-9(16)11-10(6-7)21-13(12(11)17)14(19)18-8-1-3-20-4-2-8/h5-6,8H,1-4H2,(H,18,19). The van der Waals surface area contributed by atoms with Gasteiger partial charge in [0, 0.05) is 21.2 Å². The molecule has 2 nitrogen and oxygen atoms in total. The summed E-state index contributed by atoms with van der Waals surface area (Å²) < 4.78 is 0.835. The minimum absolute atomic E-state index is 0.120. The van der Waals surface area contributed by atoms with Gasteiger partial charge < -0.3 is 5.32 Å². The van der Waals surface area contributed by atoms with Crippen molar-refractivity contribution in [3.8, 4) is 0 Å². The molecule has 3 rings (SSSR count). The molecule has 1 aromatic heterocycles. The number of nitrogens with one attached hydrogen (secondary N) is 1. The zero-order chi connectivity index (χ0) is 15.0. The van der Waals surface area contributed by atoms with Gasteiger partial charge in [-0.15, -0.1) is 11.3 Å². The van der Waals surface area contributed by atoms with E-state index < -0.39 is 0 Å². The smallest absolute Gasteiger partial charge is 0.263 e. The molecule has 0 unspecified atom stereocenters. The van der Waals surface area contributed by atoms with Crippen molar-refractivity contribution in [1.82, 2.24) is 5.32 Å². The molecule has 1 aliphatic rings. The number of benzene rings is 1. The molecule has 1 saturated heterocycles. The molecule has 7 heteroatoms. The quantitative estimate of drug-likeness (QED) is 0.746. The number of thioether (sulfide) groups is 1. The zero-order valence-corrected chi connectivity index (χ0v) is 14.8. The SMILES string of the molecule is O=C(NC1CCSCC1)c1sc2cc(Cl)cc(Cl)c2c1Cl. The fourth-order valence-corrected chi connectivity index (χ4v) is 5.74. The lowest BCUT2D eigenvalue weighted by Gasteiger charge is -2.22. The Morgan fingerprint density at radius 1 is 1.19 bits per heavy atom. The van der Waals surface area contributed by atoms with E-state index in [9.17, 15) is 4.79 Å². The van der Waals surface area contributed by atoms with Crippen molar-refractivity contribution < 1.29 is 4.79 Å². The monoisotopic (exact) mass is 379 g/mol.